The number of fused-ring (bicyclic) bond motifs is 1. The molecule has 0 saturated heterocycles. The quantitative estimate of drug-likeness (QED) is 0.731. The number of aryl methyl sites for hydroxylation is 1. The molecule has 3 aromatic rings. The van der Waals surface area contributed by atoms with Gasteiger partial charge >= 0.3 is 0 Å². The lowest BCUT2D eigenvalue weighted by molar-refractivity contribution is 0.530. The summed E-state index contributed by atoms with van der Waals surface area (Å²) < 4.78 is 5.54. The largest absolute Gasteiger partial charge is 0.420 e. The van der Waals surface area contributed by atoms with Gasteiger partial charge in [-0.25, -0.2) is 0 Å². The Morgan fingerprint density at radius 1 is 0.917 bits per heavy atom. The molecule has 1 aliphatic carbocycles. The van der Waals surface area contributed by atoms with Gasteiger partial charge in [-0.2, -0.15) is 0 Å². The van der Waals surface area contributed by atoms with Crippen molar-refractivity contribution in [2.75, 3.05) is 5.32 Å². The highest BCUT2D eigenvalue weighted by Crippen LogP contribution is 2.30. The van der Waals surface area contributed by atoms with Crippen LogP contribution in [0.25, 0.3) is 22.4 Å². The van der Waals surface area contributed by atoms with Gasteiger partial charge in [0.25, 0.3) is 5.89 Å². The highest BCUT2D eigenvalue weighted by Gasteiger charge is 2.18. The Hall–Kier alpha value is -2.50. The van der Waals surface area contributed by atoms with Gasteiger partial charge in [0.15, 0.2) is 11.5 Å². The molecule has 0 radical (unpaired) electrons. The molecule has 6 heteroatoms. The molecule has 4 rings (SSSR count). The lowest BCUT2D eigenvalue weighted by Gasteiger charge is -2.18. The number of benzene rings is 1. The van der Waals surface area contributed by atoms with Crippen molar-refractivity contribution in [3.8, 4) is 11.6 Å². The average molecular weight is 323 g/mol. The molecular formula is C18H21N5O. The number of nitrogens with one attached hydrogen (secondary N) is 1. The fourth-order valence-corrected chi connectivity index (χ4v) is 3.38. The summed E-state index contributed by atoms with van der Waals surface area (Å²) >= 11 is 0. The van der Waals surface area contributed by atoms with Crippen molar-refractivity contribution < 1.29 is 4.42 Å². The van der Waals surface area contributed by atoms with Crippen LogP contribution in [0.4, 0.5) is 5.82 Å². The molecule has 0 bridgehead atoms. The van der Waals surface area contributed by atoms with Crippen LogP contribution in [0.15, 0.2) is 28.7 Å². The Balaban J connectivity index is 1.72. The van der Waals surface area contributed by atoms with E-state index in [4.69, 9.17) is 4.42 Å². The van der Waals surface area contributed by atoms with Crippen molar-refractivity contribution in [2.45, 2.75) is 51.5 Å². The fourth-order valence-electron chi connectivity index (χ4n) is 3.38. The van der Waals surface area contributed by atoms with E-state index in [0.717, 1.165) is 16.6 Å². The summed E-state index contributed by atoms with van der Waals surface area (Å²) in [4.78, 5) is 0. The maximum atomic E-state index is 5.54. The summed E-state index contributed by atoms with van der Waals surface area (Å²) in [7, 11) is 0. The number of hydrogen-bond acceptors (Lipinski definition) is 6. The molecule has 24 heavy (non-hydrogen) atoms. The van der Waals surface area contributed by atoms with Crippen LogP contribution in [-0.2, 0) is 0 Å². The van der Waals surface area contributed by atoms with E-state index in [0.29, 0.717) is 23.5 Å². The number of hydrogen-bond donors (Lipinski definition) is 1. The SMILES string of the molecule is Cc1nnc(-c2nnc(NC3CCCCCC3)c3ccccc23)o1. The van der Waals surface area contributed by atoms with E-state index in [2.05, 4.69) is 31.8 Å². The Labute approximate surface area is 140 Å². The molecule has 0 spiro atoms. The van der Waals surface area contributed by atoms with Gasteiger partial charge in [-0.05, 0) is 12.8 Å². The number of rotatable bonds is 3. The van der Waals surface area contributed by atoms with Crippen LogP contribution in [0.2, 0.25) is 0 Å². The zero-order chi connectivity index (χ0) is 16.4. The summed E-state index contributed by atoms with van der Waals surface area (Å²) in [6.07, 6.45) is 7.62. The zero-order valence-corrected chi connectivity index (χ0v) is 13.8. The predicted molar refractivity (Wildman–Crippen MR) is 92.7 cm³/mol. The van der Waals surface area contributed by atoms with Gasteiger partial charge in [-0.3, -0.25) is 0 Å². The molecule has 0 atom stereocenters. The lowest BCUT2D eigenvalue weighted by atomic mass is 10.1. The Morgan fingerprint density at radius 2 is 1.67 bits per heavy atom. The number of nitrogens with zero attached hydrogens (tertiary/aromatic N) is 4. The average Bonchev–Trinajstić information content (AvgIpc) is 2.87. The minimum Gasteiger partial charge on any atom is -0.420 e. The molecule has 0 aliphatic heterocycles. The topological polar surface area (TPSA) is 76.7 Å². The first kappa shape index (κ1) is 15.1. The Kier molecular flexibility index (Phi) is 4.11. The van der Waals surface area contributed by atoms with Gasteiger partial charge in [0.2, 0.25) is 5.89 Å². The van der Waals surface area contributed by atoms with Crippen LogP contribution in [0.1, 0.15) is 44.4 Å². The number of anilines is 1. The monoisotopic (exact) mass is 323 g/mol. The van der Waals surface area contributed by atoms with E-state index in [1.807, 2.05) is 18.2 Å². The molecule has 1 N–H and O–H groups in total. The summed E-state index contributed by atoms with van der Waals surface area (Å²) in [5.41, 5.74) is 0.637. The van der Waals surface area contributed by atoms with E-state index in [1.165, 1.54) is 38.5 Å². The maximum Gasteiger partial charge on any atom is 0.268 e. The first-order chi connectivity index (χ1) is 11.8. The second-order valence-electron chi connectivity index (χ2n) is 6.40. The first-order valence-electron chi connectivity index (χ1n) is 8.64. The second kappa shape index (κ2) is 6.55. The Morgan fingerprint density at radius 3 is 2.38 bits per heavy atom. The standard InChI is InChI=1S/C18H21N5O/c1-12-20-23-18(24-12)16-14-10-6-7-11-15(14)17(22-21-16)19-13-8-4-2-3-5-9-13/h6-7,10-11,13H,2-5,8-9H2,1H3,(H,19,22). The summed E-state index contributed by atoms with van der Waals surface area (Å²) in [6, 6.07) is 8.58. The summed E-state index contributed by atoms with van der Waals surface area (Å²) in [6.45, 7) is 1.77. The van der Waals surface area contributed by atoms with E-state index in [9.17, 15) is 0 Å². The van der Waals surface area contributed by atoms with Gasteiger partial charge in [-0.1, -0.05) is 49.9 Å². The molecule has 1 aromatic carbocycles. The van der Waals surface area contributed by atoms with Crippen molar-refractivity contribution in [2.24, 2.45) is 0 Å². The molecule has 6 nitrogen and oxygen atoms in total. The smallest absolute Gasteiger partial charge is 0.268 e. The van der Waals surface area contributed by atoms with Crippen LogP contribution < -0.4 is 5.32 Å². The molecule has 1 saturated carbocycles. The molecule has 2 heterocycles. The van der Waals surface area contributed by atoms with Crippen molar-refractivity contribution in [3.63, 3.8) is 0 Å². The van der Waals surface area contributed by atoms with Crippen molar-refractivity contribution in [1.82, 2.24) is 20.4 Å². The maximum absolute atomic E-state index is 5.54. The molecule has 0 unspecified atom stereocenters. The third-order valence-corrected chi connectivity index (χ3v) is 4.61. The van der Waals surface area contributed by atoms with Crippen molar-refractivity contribution in [1.29, 1.82) is 0 Å². The Bertz CT molecular complexity index is 836. The second-order valence-corrected chi connectivity index (χ2v) is 6.40. The normalized spacial score (nSPS) is 16.2. The van der Waals surface area contributed by atoms with E-state index in [1.54, 1.807) is 6.92 Å². The minimum absolute atomic E-state index is 0.414. The van der Waals surface area contributed by atoms with Gasteiger partial charge in [0.1, 0.15) is 0 Å². The zero-order valence-electron chi connectivity index (χ0n) is 13.8. The highest BCUT2D eigenvalue weighted by atomic mass is 16.4. The van der Waals surface area contributed by atoms with Gasteiger partial charge in [-0.15, -0.1) is 20.4 Å². The van der Waals surface area contributed by atoms with E-state index >= 15 is 0 Å². The molecular weight excluding hydrogens is 302 g/mol. The van der Waals surface area contributed by atoms with Crippen LogP contribution in [0.3, 0.4) is 0 Å². The van der Waals surface area contributed by atoms with Crippen LogP contribution >= 0.6 is 0 Å². The van der Waals surface area contributed by atoms with Crippen LogP contribution in [0, 0.1) is 6.92 Å². The van der Waals surface area contributed by atoms with Crippen molar-refractivity contribution in [3.05, 3.63) is 30.2 Å². The van der Waals surface area contributed by atoms with Crippen LogP contribution in [-0.4, -0.2) is 26.4 Å². The lowest BCUT2D eigenvalue weighted by Crippen LogP contribution is -2.19. The predicted octanol–water partition coefficient (Wildman–Crippen LogP) is 4.12. The molecule has 2 aromatic heterocycles. The summed E-state index contributed by atoms with van der Waals surface area (Å²) in [5, 5.41) is 22.4. The van der Waals surface area contributed by atoms with Gasteiger partial charge < -0.3 is 9.73 Å². The van der Waals surface area contributed by atoms with Crippen LogP contribution in [0.5, 0.6) is 0 Å². The fraction of sp³-hybridized carbons (Fsp3) is 0.444. The third-order valence-electron chi connectivity index (χ3n) is 4.61. The first-order valence-corrected chi connectivity index (χ1v) is 8.64. The highest BCUT2D eigenvalue weighted by molar-refractivity contribution is 5.98. The van der Waals surface area contributed by atoms with Gasteiger partial charge in [0, 0.05) is 23.7 Å². The van der Waals surface area contributed by atoms with Crippen molar-refractivity contribution >= 4 is 16.6 Å². The van der Waals surface area contributed by atoms with Gasteiger partial charge in [0.05, 0.1) is 0 Å². The molecule has 0 amide bonds. The van der Waals surface area contributed by atoms with E-state index < -0.39 is 0 Å². The molecule has 1 fully saturated rings. The summed E-state index contributed by atoms with van der Waals surface area (Å²) in [5.74, 6) is 1.78. The van der Waals surface area contributed by atoms with E-state index in [-0.39, 0.29) is 0 Å². The molecule has 1 aliphatic rings. The minimum atomic E-state index is 0.414. The molecule has 124 valence electrons. The third kappa shape index (κ3) is 2.96. The number of aromatic nitrogens is 4.